The van der Waals surface area contributed by atoms with Gasteiger partial charge in [0.1, 0.15) is 23.8 Å². The number of imidazole rings is 1. The van der Waals surface area contributed by atoms with Crippen molar-refractivity contribution in [1.29, 1.82) is 0 Å². The van der Waals surface area contributed by atoms with Gasteiger partial charge >= 0.3 is 26.8 Å². The molecule has 0 aliphatic carbocycles. The molecule has 0 amide bonds. The monoisotopic (exact) mass is 607 g/mol. The van der Waals surface area contributed by atoms with Crippen LogP contribution in [0.2, 0.25) is 5.28 Å². The first-order valence-electron chi connectivity index (χ1n) is 8.50. The molecule has 8 N–H and O–H groups in total. The zero-order chi connectivity index (χ0) is 25.9. The predicted octanol–water partition coefficient (Wildman–Crippen LogP) is 0.267. The molecule has 2 aromatic rings. The van der Waals surface area contributed by atoms with Crippen molar-refractivity contribution < 1.29 is 57.1 Å². The van der Waals surface area contributed by atoms with Crippen LogP contribution < -0.4 is 5.73 Å². The minimum Gasteiger partial charge on any atom is -0.387 e. The van der Waals surface area contributed by atoms with Crippen molar-refractivity contribution >= 4 is 74.8 Å². The molecule has 3 heterocycles. The van der Waals surface area contributed by atoms with Crippen LogP contribution in [0.4, 0.5) is 5.82 Å². The maximum atomic E-state index is 12.1. The van der Waals surface area contributed by atoms with E-state index < -0.39 is 58.0 Å². The first-order valence-corrected chi connectivity index (χ1v) is 14.3. The number of fused-ring (bicyclic) bond motifs is 1. The average Bonchev–Trinajstić information content (AvgIpc) is 3.20. The Morgan fingerprint density at radius 1 is 1.15 bits per heavy atom. The van der Waals surface area contributed by atoms with Gasteiger partial charge in [-0.3, -0.25) is 18.2 Å². The lowest BCUT2D eigenvalue weighted by Gasteiger charge is -2.26. The Hall–Kier alpha value is -0.450. The van der Waals surface area contributed by atoms with E-state index in [2.05, 4.69) is 23.8 Å². The molecule has 0 spiro atoms. The summed E-state index contributed by atoms with van der Waals surface area (Å²) < 4.78 is 46.4. The summed E-state index contributed by atoms with van der Waals surface area (Å²) in [5, 5.41) is 20.3. The average molecular weight is 609 g/mol. The number of hydrogen-bond acceptors (Lipinski definition) is 12. The molecule has 34 heavy (non-hydrogen) atoms. The molecule has 2 aromatic heterocycles. The standard InChI is InChI=1S/C11H15Cl3N5O12P3/c12-10-17-7(15)4-8(18-10)19(2-16-4)9-6(21)5(20)3(30-9)1-29-34(27,28)31-33(25,26)11(13,14)32(22,23)24/h2-3,5-6,9,20-21H,1H2,(H,25,26)(H,27,28)(H2,15,17,18)(H2,22,23,24)/t3-,5-,6-,9-/m0/s1. The number of nitrogens with two attached hydrogens (primary N) is 1. The number of hydrogen-bond donors (Lipinski definition) is 7. The van der Waals surface area contributed by atoms with Crippen LogP contribution in [0.1, 0.15) is 6.23 Å². The number of rotatable bonds is 8. The van der Waals surface area contributed by atoms with Gasteiger partial charge in [-0.25, -0.2) is 13.9 Å². The quantitative estimate of drug-likeness (QED) is 0.120. The molecule has 1 aliphatic heterocycles. The van der Waals surface area contributed by atoms with Crippen LogP contribution in [-0.2, 0) is 27.3 Å². The normalized spacial score (nSPS) is 27.6. The predicted molar refractivity (Wildman–Crippen MR) is 114 cm³/mol. The number of nitrogen functional groups attached to an aromatic ring is 1. The fraction of sp³-hybridized carbons (Fsp3) is 0.545. The van der Waals surface area contributed by atoms with E-state index in [0.717, 1.165) is 10.9 Å². The van der Waals surface area contributed by atoms with Crippen LogP contribution in [0.3, 0.4) is 0 Å². The summed E-state index contributed by atoms with van der Waals surface area (Å²) in [4.78, 5) is 48.8. The third-order valence-electron chi connectivity index (χ3n) is 4.34. The number of anilines is 1. The van der Waals surface area contributed by atoms with Crippen LogP contribution in [0.25, 0.3) is 11.2 Å². The van der Waals surface area contributed by atoms with Crippen LogP contribution in [0.5, 0.6) is 0 Å². The third-order valence-corrected chi connectivity index (χ3v) is 12.2. The first-order chi connectivity index (χ1) is 15.4. The molecule has 17 nitrogen and oxygen atoms in total. The highest BCUT2D eigenvalue weighted by molar-refractivity contribution is 7.81. The maximum absolute atomic E-state index is 12.1. The van der Waals surface area contributed by atoms with E-state index in [1.807, 2.05) is 0 Å². The molecular formula is C11H15Cl3N5O12P3. The van der Waals surface area contributed by atoms with Gasteiger partial charge < -0.3 is 40.3 Å². The molecular weight excluding hydrogens is 593 g/mol. The molecule has 1 aliphatic rings. The molecule has 192 valence electrons. The molecule has 0 radical (unpaired) electrons. The molecule has 0 aromatic carbocycles. The summed E-state index contributed by atoms with van der Waals surface area (Å²) in [5.41, 5.74) is 5.81. The lowest BCUT2D eigenvalue weighted by Crippen LogP contribution is -2.33. The number of alkyl halides is 2. The second kappa shape index (κ2) is 9.45. The fourth-order valence-corrected chi connectivity index (χ4v) is 7.15. The highest BCUT2D eigenvalue weighted by Gasteiger charge is 2.62. The van der Waals surface area contributed by atoms with Gasteiger partial charge in [0, 0.05) is 0 Å². The highest BCUT2D eigenvalue weighted by Crippen LogP contribution is 2.79. The topological polar surface area (TPSA) is 270 Å². The van der Waals surface area contributed by atoms with E-state index >= 15 is 0 Å². The largest absolute Gasteiger partial charge is 0.479 e. The number of aliphatic hydroxyl groups excluding tert-OH is 2. The zero-order valence-corrected chi connectivity index (χ0v) is 21.0. The molecule has 1 fully saturated rings. The number of phosphoric ester groups is 1. The smallest absolute Gasteiger partial charge is 0.387 e. The number of phosphoric acid groups is 1. The van der Waals surface area contributed by atoms with E-state index in [1.54, 1.807) is 0 Å². The van der Waals surface area contributed by atoms with E-state index in [9.17, 15) is 33.7 Å². The number of ether oxygens (including phenoxy) is 1. The fourth-order valence-electron chi connectivity index (χ4n) is 2.74. The number of nitrogens with zero attached hydrogens (tertiary/aromatic N) is 4. The Morgan fingerprint density at radius 2 is 1.76 bits per heavy atom. The van der Waals surface area contributed by atoms with Gasteiger partial charge in [0.2, 0.25) is 5.28 Å². The van der Waals surface area contributed by atoms with E-state index in [1.165, 1.54) is 0 Å². The minimum absolute atomic E-state index is 0.0192. The van der Waals surface area contributed by atoms with Gasteiger partial charge in [0.15, 0.2) is 17.7 Å². The van der Waals surface area contributed by atoms with Crippen molar-refractivity contribution in [2.24, 2.45) is 0 Å². The number of aromatic nitrogens is 4. The third kappa shape index (κ3) is 5.30. The minimum atomic E-state index is -5.89. The Balaban J connectivity index is 1.75. The Bertz CT molecular complexity index is 1240. The molecule has 0 saturated carbocycles. The molecule has 0 bridgehead atoms. The van der Waals surface area contributed by atoms with Gasteiger partial charge in [-0.15, -0.1) is 0 Å². The van der Waals surface area contributed by atoms with Crippen molar-refractivity contribution in [3.05, 3.63) is 11.6 Å². The molecule has 23 heteroatoms. The summed E-state index contributed by atoms with van der Waals surface area (Å²) in [6, 6.07) is 0. The summed E-state index contributed by atoms with van der Waals surface area (Å²) in [5.74, 6) is -0.0848. The maximum Gasteiger partial charge on any atom is 0.479 e. The van der Waals surface area contributed by atoms with Crippen molar-refractivity contribution in [2.45, 2.75) is 28.4 Å². The Labute approximate surface area is 203 Å². The number of halogens is 3. The number of aliphatic hydroxyl groups is 2. The van der Waals surface area contributed by atoms with Gasteiger partial charge in [-0.1, -0.05) is 23.2 Å². The van der Waals surface area contributed by atoms with Crippen LogP contribution in [0, 0.1) is 0 Å². The lowest BCUT2D eigenvalue weighted by molar-refractivity contribution is -0.0501. The molecule has 3 rings (SSSR count). The van der Waals surface area contributed by atoms with Gasteiger partial charge in [-0.2, -0.15) is 9.97 Å². The van der Waals surface area contributed by atoms with E-state index in [-0.39, 0.29) is 22.3 Å². The highest BCUT2D eigenvalue weighted by atomic mass is 35.5. The molecule has 1 saturated heterocycles. The van der Waals surface area contributed by atoms with Gasteiger partial charge in [0.05, 0.1) is 12.9 Å². The summed E-state index contributed by atoms with van der Waals surface area (Å²) >= 11 is 16.1. The zero-order valence-electron chi connectivity index (χ0n) is 16.1. The Kier molecular flexibility index (Phi) is 7.82. The van der Waals surface area contributed by atoms with E-state index in [0.29, 0.717) is 0 Å². The molecule has 6 atom stereocenters. The summed E-state index contributed by atoms with van der Waals surface area (Å²) in [6.45, 7) is -1.03. The second-order valence-corrected chi connectivity index (χ2v) is 15.1. The van der Waals surface area contributed by atoms with Crippen LogP contribution in [0.15, 0.2) is 6.33 Å². The van der Waals surface area contributed by atoms with Crippen LogP contribution >= 0.6 is 57.8 Å². The van der Waals surface area contributed by atoms with E-state index in [4.69, 9.17) is 55.1 Å². The Morgan fingerprint density at radius 3 is 2.35 bits per heavy atom. The second-order valence-electron chi connectivity index (χ2n) is 6.67. The van der Waals surface area contributed by atoms with Gasteiger partial charge in [0.25, 0.3) is 0 Å². The summed E-state index contributed by atoms with van der Waals surface area (Å²) in [7, 11) is -17.2. The first kappa shape index (κ1) is 28.1. The van der Waals surface area contributed by atoms with Gasteiger partial charge in [-0.05, 0) is 11.6 Å². The summed E-state index contributed by atoms with van der Waals surface area (Å²) in [6.07, 6.45) is -5.19. The molecule has 2 unspecified atom stereocenters. The van der Waals surface area contributed by atoms with Crippen molar-refractivity contribution in [3.63, 3.8) is 0 Å². The van der Waals surface area contributed by atoms with Crippen molar-refractivity contribution in [2.75, 3.05) is 12.3 Å². The van der Waals surface area contributed by atoms with Crippen molar-refractivity contribution in [1.82, 2.24) is 19.5 Å². The van der Waals surface area contributed by atoms with Crippen LogP contribution in [-0.4, -0.2) is 78.0 Å². The SMILES string of the molecule is Nc1nc(Cl)nc2c1ncn2[C@H]1O[C@@H](COP(=O)(O)OP(=O)(O)C(Cl)(Cl)P(=O)(O)O)[C@H](O)[C@@H]1O. The lowest BCUT2D eigenvalue weighted by atomic mass is 10.1. The van der Waals surface area contributed by atoms with Crippen molar-refractivity contribution in [3.8, 4) is 0 Å².